The fourth-order valence-corrected chi connectivity index (χ4v) is 3.65. The van der Waals surface area contributed by atoms with Gasteiger partial charge in [-0.2, -0.15) is 0 Å². The molecule has 0 aromatic rings. The van der Waals surface area contributed by atoms with Crippen molar-refractivity contribution in [3.05, 3.63) is 0 Å². The lowest BCUT2D eigenvalue weighted by molar-refractivity contribution is -0.130. The Morgan fingerprint density at radius 1 is 1.20 bits per heavy atom. The molecule has 2 N–H and O–H groups in total. The van der Waals surface area contributed by atoms with Gasteiger partial charge in [0, 0.05) is 38.6 Å². The van der Waals surface area contributed by atoms with Gasteiger partial charge in [-0.1, -0.05) is 13.3 Å². The van der Waals surface area contributed by atoms with Crippen LogP contribution in [0.2, 0.25) is 0 Å². The van der Waals surface area contributed by atoms with Gasteiger partial charge in [0.1, 0.15) is 0 Å². The molecule has 0 atom stereocenters. The van der Waals surface area contributed by atoms with Gasteiger partial charge in [0.25, 0.3) is 0 Å². The Balaban J connectivity index is 0.00000312. The Kier molecular flexibility index (Phi) is 11.5. The zero-order chi connectivity index (χ0) is 17.2. The van der Waals surface area contributed by atoms with Crippen molar-refractivity contribution in [2.45, 2.75) is 77.7 Å². The number of rotatable bonds is 6. The summed E-state index contributed by atoms with van der Waals surface area (Å²) in [6, 6.07) is 0.561. The summed E-state index contributed by atoms with van der Waals surface area (Å²) in [5.74, 6) is 2.14. The summed E-state index contributed by atoms with van der Waals surface area (Å²) in [5.41, 5.74) is 0. The van der Waals surface area contributed by atoms with Crippen molar-refractivity contribution in [3.63, 3.8) is 0 Å². The summed E-state index contributed by atoms with van der Waals surface area (Å²) in [7, 11) is 0. The van der Waals surface area contributed by atoms with Crippen LogP contribution in [0.4, 0.5) is 0 Å². The summed E-state index contributed by atoms with van der Waals surface area (Å²) < 4.78 is 0. The Hall–Kier alpha value is -0.530. The number of amides is 1. The maximum absolute atomic E-state index is 12.0. The largest absolute Gasteiger partial charge is 0.357 e. The molecule has 0 radical (unpaired) electrons. The van der Waals surface area contributed by atoms with Crippen LogP contribution in [-0.4, -0.2) is 49.0 Å². The van der Waals surface area contributed by atoms with E-state index in [-0.39, 0.29) is 24.0 Å². The number of guanidine groups is 1. The molecule has 1 saturated heterocycles. The van der Waals surface area contributed by atoms with E-state index in [9.17, 15) is 4.79 Å². The molecule has 5 nitrogen and oxygen atoms in total. The highest BCUT2D eigenvalue weighted by atomic mass is 127. The first-order valence-corrected chi connectivity index (χ1v) is 10.0. The fourth-order valence-electron chi connectivity index (χ4n) is 3.65. The number of likely N-dealkylation sites (tertiary alicyclic amines) is 1. The molecule has 2 fully saturated rings. The van der Waals surface area contributed by atoms with Crippen molar-refractivity contribution in [1.82, 2.24) is 15.5 Å². The minimum absolute atomic E-state index is 0. The highest BCUT2D eigenvalue weighted by Crippen LogP contribution is 2.23. The van der Waals surface area contributed by atoms with Crippen LogP contribution in [0.25, 0.3) is 0 Å². The summed E-state index contributed by atoms with van der Waals surface area (Å²) in [4.78, 5) is 18.7. The Morgan fingerprint density at radius 2 is 1.96 bits per heavy atom. The van der Waals surface area contributed by atoms with Gasteiger partial charge in [0.15, 0.2) is 5.96 Å². The molecule has 1 aliphatic carbocycles. The SMILES string of the molecule is CCNC(=NCCCN1CCCCCC1=O)NC1CCC(C)CC1.I. The maximum Gasteiger partial charge on any atom is 0.222 e. The first kappa shape index (κ1) is 22.5. The smallest absolute Gasteiger partial charge is 0.222 e. The van der Waals surface area contributed by atoms with E-state index in [4.69, 9.17) is 4.99 Å². The van der Waals surface area contributed by atoms with Crippen LogP contribution in [0.1, 0.15) is 71.6 Å². The molecular formula is C19H37IN4O. The zero-order valence-corrected chi connectivity index (χ0v) is 18.4. The highest BCUT2D eigenvalue weighted by molar-refractivity contribution is 14.0. The number of aliphatic imine (C=N–C) groups is 1. The number of nitrogens with one attached hydrogen (secondary N) is 2. The van der Waals surface area contributed by atoms with Gasteiger partial charge in [-0.15, -0.1) is 24.0 Å². The lowest BCUT2D eigenvalue weighted by atomic mass is 9.87. The minimum Gasteiger partial charge on any atom is -0.357 e. The third kappa shape index (κ3) is 8.60. The van der Waals surface area contributed by atoms with E-state index in [1.165, 1.54) is 32.1 Å². The summed E-state index contributed by atoms with van der Waals surface area (Å²) in [6.45, 7) is 7.90. The fraction of sp³-hybridized carbons (Fsp3) is 0.895. The molecule has 25 heavy (non-hydrogen) atoms. The maximum atomic E-state index is 12.0. The van der Waals surface area contributed by atoms with Crippen LogP contribution in [0, 0.1) is 5.92 Å². The number of nitrogens with zero attached hydrogens (tertiary/aromatic N) is 2. The van der Waals surface area contributed by atoms with E-state index in [1.807, 2.05) is 4.90 Å². The van der Waals surface area contributed by atoms with Crippen LogP contribution < -0.4 is 10.6 Å². The summed E-state index contributed by atoms with van der Waals surface area (Å²) in [5, 5.41) is 6.95. The third-order valence-electron chi connectivity index (χ3n) is 5.23. The van der Waals surface area contributed by atoms with Gasteiger partial charge >= 0.3 is 0 Å². The predicted octanol–water partition coefficient (Wildman–Crippen LogP) is 3.53. The molecule has 1 amide bonds. The lowest BCUT2D eigenvalue weighted by Gasteiger charge is -2.28. The average molecular weight is 464 g/mol. The van der Waals surface area contributed by atoms with Crippen LogP contribution in [0.5, 0.6) is 0 Å². The van der Waals surface area contributed by atoms with Crippen LogP contribution in [0.3, 0.4) is 0 Å². The summed E-state index contributed by atoms with van der Waals surface area (Å²) in [6.07, 6.45) is 10.2. The van der Waals surface area contributed by atoms with Crippen molar-refractivity contribution >= 4 is 35.8 Å². The molecule has 146 valence electrons. The second kappa shape index (κ2) is 12.8. The van der Waals surface area contributed by atoms with Crippen molar-refractivity contribution in [3.8, 4) is 0 Å². The van der Waals surface area contributed by atoms with Crippen LogP contribution >= 0.6 is 24.0 Å². The quantitative estimate of drug-likeness (QED) is 0.274. The zero-order valence-electron chi connectivity index (χ0n) is 16.1. The Bertz CT molecular complexity index is 408. The first-order chi connectivity index (χ1) is 11.7. The van der Waals surface area contributed by atoms with E-state index in [2.05, 4.69) is 24.5 Å². The summed E-state index contributed by atoms with van der Waals surface area (Å²) >= 11 is 0. The monoisotopic (exact) mass is 464 g/mol. The van der Waals surface area contributed by atoms with E-state index in [1.54, 1.807) is 0 Å². The van der Waals surface area contributed by atoms with Crippen molar-refractivity contribution in [1.29, 1.82) is 0 Å². The van der Waals surface area contributed by atoms with E-state index < -0.39 is 0 Å². The van der Waals surface area contributed by atoms with Crippen LogP contribution in [-0.2, 0) is 4.79 Å². The van der Waals surface area contributed by atoms with E-state index >= 15 is 0 Å². The molecule has 6 heteroatoms. The molecule has 2 rings (SSSR count). The molecular weight excluding hydrogens is 427 g/mol. The number of carbonyl (C=O) groups excluding carboxylic acids is 1. The molecule has 2 aliphatic rings. The Morgan fingerprint density at radius 3 is 2.68 bits per heavy atom. The number of halogens is 1. The molecule has 0 spiro atoms. The van der Waals surface area contributed by atoms with Crippen molar-refractivity contribution < 1.29 is 4.79 Å². The molecule has 0 aromatic carbocycles. The number of carbonyl (C=O) groups is 1. The van der Waals surface area contributed by atoms with Gasteiger partial charge in [0.05, 0.1) is 0 Å². The van der Waals surface area contributed by atoms with Crippen molar-refractivity contribution in [2.75, 3.05) is 26.2 Å². The van der Waals surface area contributed by atoms with Gasteiger partial charge in [0.2, 0.25) is 5.91 Å². The van der Waals surface area contributed by atoms with Gasteiger partial charge < -0.3 is 15.5 Å². The van der Waals surface area contributed by atoms with Gasteiger partial charge in [-0.25, -0.2) is 0 Å². The lowest BCUT2D eigenvalue weighted by Crippen LogP contribution is -2.44. The van der Waals surface area contributed by atoms with Crippen molar-refractivity contribution in [2.24, 2.45) is 10.9 Å². The highest BCUT2D eigenvalue weighted by Gasteiger charge is 2.19. The third-order valence-corrected chi connectivity index (χ3v) is 5.23. The molecule has 0 aromatic heterocycles. The van der Waals surface area contributed by atoms with Crippen LogP contribution in [0.15, 0.2) is 4.99 Å². The molecule has 1 saturated carbocycles. The predicted molar refractivity (Wildman–Crippen MR) is 116 cm³/mol. The van der Waals surface area contributed by atoms with Gasteiger partial charge in [-0.3, -0.25) is 9.79 Å². The molecule has 0 bridgehead atoms. The minimum atomic E-state index is 0. The standard InChI is InChI=1S/C19H36N4O.HI/c1-3-20-19(22-17-11-9-16(2)10-12-17)21-13-7-15-23-14-6-4-5-8-18(23)24;/h16-17H,3-15H2,1-2H3,(H2,20,21,22);1H. The second-order valence-corrected chi connectivity index (χ2v) is 7.41. The number of hydrogen-bond donors (Lipinski definition) is 2. The number of hydrogen-bond acceptors (Lipinski definition) is 2. The van der Waals surface area contributed by atoms with E-state index in [0.717, 1.165) is 63.7 Å². The first-order valence-electron chi connectivity index (χ1n) is 10.0. The normalized spacial score (nSPS) is 25.1. The molecule has 0 unspecified atom stereocenters. The Labute approximate surface area is 170 Å². The second-order valence-electron chi connectivity index (χ2n) is 7.41. The topological polar surface area (TPSA) is 56.7 Å². The average Bonchev–Trinajstić information content (AvgIpc) is 2.78. The molecule has 1 heterocycles. The molecule has 1 aliphatic heterocycles. The van der Waals surface area contributed by atoms with E-state index in [0.29, 0.717) is 11.9 Å². The van der Waals surface area contributed by atoms with Gasteiger partial charge in [-0.05, 0) is 57.8 Å².